The highest BCUT2D eigenvalue weighted by atomic mass is 19.3. The van der Waals surface area contributed by atoms with Crippen molar-refractivity contribution in [2.75, 3.05) is 5.32 Å². The normalized spacial score (nSPS) is 18.1. The number of aryl methyl sites for hydroxylation is 1. The second-order valence-electron chi connectivity index (χ2n) is 6.01. The van der Waals surface area contributed by atoms with Crippen molar-refractivity contribution in [1.82, 2.24) is 20.0 Å². The minimum absolute atomic E-state index is 0.0317. The van der Waals surface area contributed by atoms with E-state index in [0.29, 0.717) is 22.3 Å². The number of nitrogens with one attached hydrogen (secondary N) is 2. The van der Waals surface area contributed by atoms with E-state index in [1.54, 1.807) is 19.1 Å². The van der Waals surface area contributed by atoms with Gasteiger partial charge in [0, 0.05) is 18.0 Å². The number of hydrogen-bond acceptors (Lipinski definition) is 4. The molecule has 126 valence electrons. The Morgan fingerprint density at radius 2 is 2.28 bits per heavy atom. The standard InChI is InChI=1S/C16H12F2N6O/c1-8-4-10-12(5-9(8)7-19)21-22-14(10)20-15(25)11-2-3-24(23-11)13-6-16(13,17)18/h2-5,13H,6H2,1H3,(H2,20,21,22,25). The minimum atomic E-state index is -2.76. The molecule has 7 nitrogen and oxygen atoms in total. The number of nitriles is 1. The lowest BCUT2D eigenvalue weighted by atomic mass is 10.1. The number of halogens is 2. The van der Waals surface area contributed by atoms with Crippen molar-refractivity contribution in [3.63, 3.8) is 0 Å². The Hall–Kier alpha value is -3.28. The zero-order valence-corrected chi connectivity index (χ0v) is 13.0. The number of anilines is 1. The molecule has 0 bridgehead atoms. The lowest BCUT2D eigenvalue weighted by Gasteiger charge is -2.02. The van der Waals surface area contributed by atoms with Crippen LogP contribution >= 0.6 is 0 Å². The number of aromatic nitrogens is 4. The molecule has 25 heavy (non-hydrogen) atoms. The van der Waals surface area contributed by atoms with Gasteiger partial charge in [-0.3, -0.25) is 14.6 Å². The van der Waals surface area contributed by atoms with Gasteiger partial charge in [0.05, 0.1) is 17.1 Å². The molecule has 1 aromatic carbocycles. The first-order chi connectivity index (χ1) is 11.9. The summed E-state index contributed by atoms with van der Waals surface area (Å²) in [5.41, 5.74) is 1.91. The van der Waals surface area contributed by atoms with Crippen molar-refractivity contribution in [2.24, 2.45) is 0 Å². The molecule has 9 heteroatoms. The number of amides is 1. The molecule has 0 spiro atoms. The van der Waals surface area contributed by atoms with Crippen molar-refractivity contribution in [3.8, 4) is 6.07 Å². The number of benzene rings is 1. The fourth-order valence-corrected chi connectivity index (χ4v) is 2.68. The Morgan fingerprint density at radius 1 is 1.52 bits per heavy atom. The van der Waals surface area contributed by atoms with Crippen LogP contribution in [0, 0.1) is 18.3 Å². The molecule has 1 aliphatic carbocycles. The van der Waals surface area contributed by atoms with Gasteiger partial charge in [0.2, 0.25) is 0 Å². The van der Waals surface area contributed by atoms with Crippen LogP contribution in [0.4, 0.5) is 14.6 Å². The van der Waals surface area contributed by atoms with Gasteiger partial charge in [0.1, 0.15) is 6.04 Å². The molecule has 1 unspecified atom stereocenters. The number of aromatic amines is 1. The fourth-order valence-electron chi connectivity index (χ4n) is 2.68. The molecule has 1 amide bonds. The quantitative estimate of drug-likeness (QED) is 0.764. The van der Waals surface area contributed by atoms with Gasteiger partial charge < -0.3 is 5.32 Å². The van der Waals surface area contributed by atoms with Crippen molar-refractivity contribution in [3.05, 3.63) is 41.2 Å². The van der Waals surface area contributed by atoms with Crippen LogP contribution < -0.4 is 5.32 Å². The Bertz CT molecular complexity index is 1040. The third-order valence-electron chi connectivity index (χ3n) is 4.21. The highest BCUT2D eigenvalue weighted by Crippen LogP contribution is 2.52. The van der Waals surface area contributed by atoms with Gasteiger partial charge in [-0.05, 0) is 30.7 Å². The second kappa shape index (κ2) is 5.11. The number of H-pyrrole nitrogens is 1. The van der Waals surface area contributed by atoms with Crippen LogP contribution in [-0.2, 0) is 0 Å². The maximum Gasteiger partial charge on any atom is 0.277 e. The van der Waals surface area contributed by atoms with Crippen LogP contribution in [0.2, 0.25) is 0 Å². The summed E-state index contributed by atoms with van der Waals surface area (Å²) in [6, 6.07) is 5.88. The number of nitrogens with zero attached hydrogens (tertiary/aromatic N) is 4. The Balaban J connectivity index is 1.58. The molecular formula is C16H12F2N6O. The highest BCUT2D eigenvalue weighted by molar-refractivity contribution is 6.07. The lowest BCUT2D eigenvalue weighted by Crippen LogP contribution is -2.14. The number of hydrogen-bond donors (Lipinski definition) is 2. The van der Waals surface area contributed by atoms with Crippen LogP contribution in [0.3, 0.4) is 0 Å². The monoisotopic (exact) mass is 342 g/mol. The molecule has 2 heterocycles. The summed E-state index contributed by atoms with van der Waals surface area (Å²) >= 11 is 0. The summed E-state index contributed by atoms with van der Waals surface area (Å²) in [5, 5.41) is 23.0. The van der Waals surface area contributed by atoms with Crippen molar-refractivity contribution in [1.29, 1.82) is 5.26 Å². The van der Waals surface area contributed by atoms with Crippen molar-refractivity contribution < 1.29 is 13.6 Å². The lowest BCUT2D eigenvalue weighted by molar-refractivity contribution is 0.0966. The van der Waals surface area contributed by atoms with Crippen molar-refractivity contribution >= 4 is 22.6 Å². The smallest absolute Gasteiger partial charge is 0.277 e. The summed E-state index contributed by atoms with van der Waals surface area (Å²) in [4.78, 5) is 12.3. The zero-order valence-electron chi connectivity index (χ0n) is 13.0. The van der Waals surface area contributed by atoms with Crippen LogP contribution in [0.15, 0.2) is 24.4 Å². The molecule has 3 aromatic rings. The molecule has 0 aliphatic heterocycles. The first kappa shape index (κ1) is 15.3. The third kappa shape index (κ3) is 2.52. The molecule has 4 rings (SSSR count). The summed E-state index contributed by atoms with van der Waals surface area (Å²) in [6.45, 7) is 1.79. The molecule has 1 atom stereocenters. The second-order valence-corrected chi connectivity index (χ2v) is 6.01. The maximum atomic E-state index is 13.1. The third-order valence-corrected chi connectivity index (χ3v) is 4.21. The van der Waals surface area contributed by atoms with E-state index in [9.17, 15) is 13.6 Å². The van der Waals surface area contributed by atoms with E-state index in [4.69, 9.17) is 5.26 Å². The fraction of sp³-hybridized carbons (Fsp3) is 0.250. The molecule has 0 saturated heterocycles. The summed E-state index contributed by atoms with van der Waals surface area (Å²) in [7, 11) is 0. The molecule has 1 saturated carbocycles. The van der Waals surface area contributed by atoms with Gasteiger partial charge in [0.15, 0.2) is 11.5 Å². The number of fused-ring (bicyclic) bond motifs is 1. The van der Waals surface area contributed by atoms with Gasteiger partial charge >= 0.3 is 0 Å². The topological polar surface area (TPSA) is 99.4 Å². The van der Waals surface area contributed by atoms with Gasteiger partial charge in [-0.25, -0.2) is 8.78 Å². The highest BCUT2D eigenvalue weighted by Gasteiger charge is 2.59. The summed E-state index contributed by atoms with van der Waals surface area (Å²) in [5.74, 6) is -3.01. The molecule has 2 N–H and O–H groups in total. The van der Waals surface area contributed by atoms with Crippen LogP contribution in [0.5, 0.6) is 0 Å². The Labute approximate surface area is 140 Å². The van der Waals surface area contributed by atoms with Crippen LogP contribution in [0.1, 0.15) is 34.1 Å². The Morgan fingerprint density at radius 3 is 2.96 bits per heavy atom. The zero-order chi connectivity index (χ0) is 17.8. The predicted molar refractivity (Wildman–Crippen MR) is 84.3 cm³/mol. The molecular weight excluding hydrogens is 330 g/mol. The largest absolute Gasteiger partial charge is 0.303 e. The van der Waals surface area contributed by atoms with Gasteiger partial charge in [-0.15, -0.1) is 0 Å². The average molecular weight is 342 g/mol. The van der Waals surface area contributed by atoms with E-state index in [0.717, 1.165) is 10.2 Å². The predicted octanol–water partition coefficient (Wildman–Crippen LogP) is 2.77. The number of alkyl halides is 2. The van der Waals surface area contributed by atoms with E-state index in [2.05, 4.69) is 26.7 Å². The first-order valence-corrected chi connectivity index (χ1v) is 7.52. The number of rotatable bonds is 3. The van der Waals surface area contributed by atoms with E-state index in [-0.39, 0.29) is 12.1 Å². The number of carbonyl (C=O) groups is 1. The molecule has 2 aromatic heterocycles. The Kier molecular flexibility index (Phi) is 3.12. The molecule has 0 radical (unpaired) electrons. The summed E-state index contributed by atoms with van der Waals surface area (Å²) < 4.78 is 27.3. The van der Waals surface area contributed by atoms with E-state index >= 15 is 0 Å². The van der Waals surface area contributed by atoms with E-state index in [1.165, 1.54) is 12.3 Å². The molecule has 1 aliphatic rings. The maximum absolute atomic E-state index is 13.1. The van der Waals surface area contributed by atoms with Crippen molar-refractivity contribution in [2.45, 2.75) is 25.3 Å². The molecule has 1 fully saturated rings. The van der Waals surface area contributed by atoms with Crippen LogP contribution in [0.25, 0.3) is 10.9 Å². The SMILES string of the molecule is Cc1cc2c(NC(=O)c3ccn(C4CC4(F)F)n3)n[nH]c2cc1C#N. The van der Waals surface area contributed by atoms with E-state index < -0.39 is 17.9 Å². The van der Waals surface area contributed by atoms with Crippen LogP contribution in [-0.4, -0.2) is 31.8 Å². The summed E-state index contributed by atoms with van der Waals surface area (Å²) in [6.07, 6.45) is 1.10. The van der Waals surface area contributed by atoms with E-state index in [1.807, 2.05) is 0 Å². The average Bonchev–Trinajstić information content (AvgIpc) is 2.96. The minimum Gasteiger partial charge on any atom is -0.303 e. The van der Waals surface area contributed by atoms with Gasteiger partial charge in [-0.1, -0.05) is 0 Å². The van der Waals surface area contributed by atoms with Gasteiger partial charge in [-0.2, -0.15) is 15.5 Å². The first-order valence-electron chi connectivity index (χ1n) is 7.52. The van der Waals surface area contributed by atoms with Gasteiger partial charge in [0.25, 0.3) is 11.8 Å². The number of carbonyl (C=O) groups excluding carboxylic acids is 1.